The summed E-state index contributed by atoms with van der Waals surface area (Å²) in [7, 11) is 1.81. The van der Waals surface area contributed by atoms with Crippen molar-refractivity contribution in [2.75, 3.05) is 20.2 Å². The fourth-order valence-corrected chi connectivity index (χ4v) is 2.88. The van der Waals surface area contributed by atoms with E-state index in [1.165, 1.54) is 6.42 Å². The molecule has 1 rings (SSSR count). The van der Waals surface area contributed by atoms with Crippen molar-refractivity contribution in [2.45, 2.75) is 64.8 Å². The highest BCUT2D eigenvalue weighted by molar-refractivity contribution is 5.75. The number of carbonyl (C=O) groups is 1. The van der Waals surface area contributed by atoms with Crippen LogP contribution in [0.5, 0.6) is 0 Å². The number of allylic oxidation sites excluding steroid dienone is 2. The van der Waals surface area contributed by atoms with Gasteiger partial charge in [-0.2, -0.15) is 0 Å². The first-order valence-corrected chi connectivity index (χ1v) is 9.16. The molecule has 24 heavy (non-hydrogen) atoms. The maximum atomic E-state index is 12.4. The standard InChI is InChI=1S/C20H34N2O2/c1-6-9-13-18(7-2)16-24-17(4)20(14-11-10-12-15-20)21-19(23)22(5)8-3/h7,9,13H,4,6,8,10-12,14-16H2,1-3,5H3,(H,21,23)/b13-9-,18-7+. The normalized spacial score (nSPS) is 17.6. The SMILES string of the molecule is C=C(OCC(/C=C\CC)=C/C)C1(NC(=O)N(C)CC)CCCCC1. The van der Waals surface area contributed by atoms with Crippen LogP contribution in [0.25, 0.3) is 0 Å². The van der Waals surface area contributed by atoms with Gasteiger partial charge in [0, 0.05) is 13.6 Å². The molecule has 1 aliphatic carbocycles. The summed E-state index contributed by atoms with van der Waals surface area (Å²) in [5.74, 6) is 0.685. The van der Waals surface area contributed by atoms with Gasteiger partial charge in [0.25, 0.3) is 0 Å². The van der Waals surface area contributed by atoms with Gasteiger partial charge >= 0.3 is 6.03 Å². The molecule has 0 spiro atoms. The van der Waals surface area contributed by atoms with Gasteiger partial charge in [0.1, 0.15) is 12.4 Å². The third-order valence-electron chi connectivity index (χ3n) is 4.76. The summed E-state index contributed by atoms with van der Waals surface area (Å²) in [5.41, 5.74) is 0.687. The Bertz CT molecular complexity index is 474. The molecule has 0 unspecified atom stereocenters. The quantitative estimate of drug-likeness (QED) is 0.512. The smallest absolute Gasteiger partial charge is 0.317 e. The number of ether oxygens (including phenoxy) is 1. The Morgan fingerprint density at radius 2 is 1.96 bits per heavy atom. The summed E-state index contributed by atoms with van der Waals surface area (Å²) in [5, 5.41) is 3.19. The lowest BCUT2D eigenvalue weighted by Crippen LogP contribution is -2.54. The maximum absolute atomic E-state index is 12.4. The minimum atomic E-state index is -0.438. The minimum absolute atomic E-state index is 0.0544. The first-order chi connectivity index (χ1) is 11.5. The molecule has 0 heterocycles. The molecule has 4 heteroatoms. The van der Waals surface area contributed by atoms with E-state index in [-0.39, 0.29) is 6.03 Å². The summed E-state index contributed by atoms with van der Waals surface area (Å²) in [4.78, 5) is 14.1. The Morgan fingerprint density at radius 1 is 1.29 bits per heavy atom. The van der Waals surface area contributed by atoms with Gasteiger partial charge in [-0.3, -0.25) is 0 Å². The second-order valence-corrected chi connectivity index (χ2v) is 6.47. The zero-order valence-corrected chi connectivity index (χ0v) is 15.9. The van der Waals surface area contributed by atoms with Crippen LogP contribution in [0, 0.1) is 0 Å². The van der Waals surface area contributed by atoms with Gasteiger partial charge in [0.15, 0.2) is 0 Å². The largest absolute Gasteiger partial charge is 0.491 e. The molecule has 0 aromatic rings. The Balaban J connectivity index is 2.78. The predicted molar refractivity (Wildman–Crippen MR) is 101 cm³/mol. The van der Waals surface area contributed by atoms with E-state index < -0.39 is 5.54 Å². The third-order valence-corrected chi connectivity index (χ3v) is 4.76. The molecule has 0 atom stereocenters. The Kier molecular flexibility index (Phi) is 8.66. The second kappa shape index (κ2) is 10.2. The maximum Gasteiger partial charge on any atom is 0.317 e. The Labute approximate surface area is 147 Å². The number of carbonyl (C=O) groups excluding carboxylic acids is 1. The van der Waals surface area contributed by atoms with Gasteiger partial charge in [0.05, 0.1) is 5.54 Å². The number of amides is 2. The zero-order chi connectivity index (χ0) is 18.0. The number of rotatable bonds is 8. The fourth-order valence-electron chi connectivity index (χ4n) is 2.88. The summed E-state index contributed by atoms with van der Waals surface area (Å²) >= 11 is 0. The Hall–Kier alpha value is -1.71. The summed E-state index contributed by atoms with van der Waals surface area (Å²) in [6.07, 6.45) is 12.4. The van der Waals surface area contributed by atoms with E-state index in [1.807, 2.05) is 20.9 Å². The summed E-state index contributed by atoms with van der Waals surface area (Å²) in [6, 6.07) is -0.0544. The number of nitrogens with zero attached hydrogens (tertiary/aromatic N) is 1. The average Bonchev–Trinajstić information content (AvgIpc) is 2.61. The molecule has 0 aromatic heterocycles. The first kappa shape index (κ1) is 20.3. The lowest BCUT2D eigenvalue weighted by Gasteiger charge is -2.40. The predicted octanol–water partition coefficient (Wildman–Crippen LogP) is 4.79. The zero-order valence-electron chi connectivity index (χ0n) is 15.9. The molecule has 0 bridgehead atoms. The van der Waals surface area contributed by atoms with Crippen LogP contribution in [0.4, 0.5) is 4.79 Å². The lowest BCUT2D eigenvalue weighted by atomic mass is 9.80. The monoisotopic (exact) mass is 334 g/mol. The Morgan fingerprint density at radius 3 is 2.50 bits per heavy atom. The molecule has 1 N–H and O–H groups in total. The van der Waals surface area contributed by atoms with E-state index in [9.17, 15) is 4.79 Å². The van der Waals surface area contributed by atoms with Gasteiger partial charge in [-0.25, -0.2) is 4.79 Å². The van der Waals surface area contributed by atoms with Crippen molar-refractivity contribution in [3.8, 4) is 0 Å². The number of nitrogens with one attached hydrogen (secondary N) is 1. The molecule has 2 amide bonds. The third kappa shape index (κ3) is 5.73. The van der Waals surface area contributed by atoms with E-state index in [0.29, 0.717) is 18.9 Å². The molecule has 136 valence electrons. The molecule has 1 aliphatic rings. The van der Waals surface area contributed by atoms with Gasteiger partial charge < -0.3 is 15.0 Å². The van der Waals surface area contributed by atoms with Crippen molar-refractivity contribution in [1.82, 2.24) is 10.2 Å². The highest BCUT2D eigenvalue weighted by Gasteiger charge is 2.38. The average molecular weight is 335 g/mol. The molecular weight excluding hydrogens is 300 g/mol. The van der Waals surface area contributed by atoms with E-state index in [4.69, 9.17) is 4.74 Å². The fraction of sp³-hybridized carbons (Fsp3) is 0.650. The number of hydrogen-bond acceptors (Lipinski definition) is 2. The van der Waals surface area contributed by atoms with E-state index in [2.05, 4.69) is 37.0 Å². The van der Waals surface area contributed by atoms with E-state index >= 15 is 0 Å². The topological polar surface area (TPSA) is 41.6 Å². The number of urea groups is 1. The van der Waals surface area contributed by atoms with Crippen molar-refractivity contribution >= 4 is 6.03 Å². The minimum Gasteiger partial charge on any atom is -0.491 e. The van der Waals surface area contributed by atoms with Crippen LogP contribution < -0.4 is 5.32 Å². The highest BCUT2D eigenvalue weighted by Crippen LogP contribution is 2.34. The van der Waals surface area contributed by atoms with Crippen molar-refractivity contribution in [2.24, 2.45) is 0 Å². The number of hydrogen-bond donors (Lipinski definition) is 1. The van der Waals surface area contributed by atoms with Crippen LogP contribution in [-0.4, -0.2) is 36.7 Å². The van der Waals surface area contributed by atoms with Crippen LogP contribution in [0.15, 0.2) is 36.1 Å². The summed E-state index contributed by atoms with van der Waals surface area (Å²) < 4.78 is 6.00. The molecule has 0 radical (unpaired) electrons. The molecule has 1 saturated carbocycles. The van der Waals surface area contributed by atoms with Crippen LogP contribution >= 0.6 is 0 Å². The molecule has 1 fully saturated rings. The van der Waals surface area contributed by atoms with Crippen LogP contribution in [0.3, 0.4) is 0 Å². The van der Waals surface area contributed by atoms with E-state index in [1.54, 1.807) is 4.90 Å². The molecule has 0 aliphatic heterocycles. The lowest BCUT2D eigenvalue weighted by molar-refractivity contribution is 0.130. The molecule has 4 nitrogen and oxygen atoms in total. The van der Waals surface area contributed by atoms with Gasteiger partial charge in [-0.1, -0.05) is 51.0 Å². The molecular formula is C20H34N2O2. The van der Waals surface area contributed by atoms with Crippen molar-refractivity contribution < 1.29 is 9.53 Å². The van der Waals surface area contributed by atoms with Crippen molar-refractivity contribution in [3.05, 3.63) is 36.1 Å². The second-order valence-electron chi connectivity index (χ2n) is 6.47. The van der Waals surface area contributed by atoms with Crippen LogP contribution in [-0.2, 0) is 4.74 Å². The first-order valence-electron chi connectivity index (χ1n) is 9.16. The molecule has 0 aromatic carbocycles. The van der Waals surface area contributed by atoms with Gasteiger partial charge in [-0.05, 0) is 38.7 Å². The van der Waals surface area contributed by atoms with Crippen molar-refractivity contribution in [3.63, 3.8) is 0 Å². The summed E-state index contributed by atoms with van der Waals surface area (Å²) in [6.45, 7) is 11.4. The highest BCUT2D eigenvalue weighted by atomic mass is 16.5. The molecule has 0 saturated heterocycles. The van der Waals surface area contributed by atoms with Crippen LogP contribution in [0.1, 0.15) is 59.3 Å². The van der Waals surface area contributed by atoms with Gasteiger partial charge in [-0.15, -0.1) is 0 Å². The van der Waals surface area contributed by atoms with E-state index in [0.717, 1.165) is 37.7 Å². The van der Waals surface area contributed by atoms with Crippen molar-refractivity contribution in [1.29, 1.82) is 0 Å². The van der Waals surface area contributed by atoms with Gasteiger partial charge in [0.2, 0.25) is 0 Å². The van der Waals surface area contributed by atoms with Crippen LogP contribution in [0.2, 0.25) is 0 Å².